The molecule has 0 aromatic carbocycles. The van der Waals surface area contributed by atoms with Crippen LogP contribution in [0.1, 0.15) is 16.7 Å². The van der Waals surface area contributed by atoms with E-state index in [0.29, 0.717) is 0 Å². The number of carbonyl (C=O) groups is 4. The summed E-state index contributed by atoms with van der Waals surface area (Å²) >= 11 is 2.10. The van der Waals surface area contributed by atoms with Crippen LogP contribution in [0.4, 0.5) is 5.13 Å². The largest absolute Gasteiger partial charge is 1.00 e. The van der Waals surface area contributed by atoms with Crippen molar-refractivity contribution in [1.29, 1.82) is 0 Å². The molecule has 31 heavy (non-hydrogen) atoms. The van der Waals surface area contributed by atoms with Gasteiger partial charge in [0.15, 0.2) is 10.8 Å². The average Bonchev–Trinajstić information content (AvgIpc) is 3.14. The number of nitrogen functional groups attached to an aromatic ring is 1. The van der Waals surface area contributed by atoms with Gasteiger partial charge < -0.3 is 30.5 Å². The Morgan fingerprint density at radius 2 is 2.26 bits per heavy atom. The van der Waals surface area contributed by atoms with Gasteiger partial charge in [0.25, 0.3) is 11.8 Å². The van der Waals surface area contributed by atoms with Crippen LogP contribution in [0.25, 0.3) is 0 Å². The number of hydrogen-bond donors (Lipinski definition) is 2. The summed E-state index contributed by atoms with van der Waals surface area (Å²) in [5, 5.41) is 18.0. The number of rotatable bonds is 7. The Bertz CT molecular complexity index is 1080. The van der Waals surface area contributed by atoms with Gasteiger partial charge in [0.1, 0.15) is 30.8 Å². The number of carbonyl (C=O) groups excluding carboxylic acids is 4. The number of amides is 2. The Kier molecular flexibility index (Phi) is 7.00. The number of thiazole rings is 1. The quantitative estimate of drug-likeness (QED) is 0.126. The molecule has 0 bridgehead atoms. The second kappa shape index (κ2) is 10.5. The van der Waals surface area contributed by atoms with Crippen LogP contribution in [0.2, 0.25) is 0 Å². The topological polar surface area (TPSA) is 176 Å². The molecule has 1 saturated heterocycles. The minimum Gasteiger partial charge on any atom is -0.543 e. The first-order valence-electron chi connectivity index (χ1n) is 9.69. The van der Waals surface area contributed by atoms with E-state index < -0.39 is 53.6 Å². The Hall–Kier alpha value is -2.13. The molecule has 0 aliphatic carbocycles. The molecule has 0 spiro atoms. The van der Waals surface area contributed by atoms with E-state index in [1.165, 1.54) is 5.38 Å². The van der Waals surface area contributed by atoms with Crippen LogP contribution in [-0.2, 0) is 28.8 Å². The molecule has 1 fully saturated rings. The Morgan fingerprint density at radius 3 is 2.84 bits per heavy atom. The third-order valence-electron chi connectivity index (χ3n) is 4.09. The number of aliphatic carboxylic acids is 1. The van der Waals surface area contributed by atoms with E-state index in [9.17, 15) is 24.3 Å². The van der Waals surface area contributed by atoms with Crippen molar-refractivity contribution < 1.29 is 67.5 Å². The predicted molar refractivity (Wildman–Crippen MR) is 104 cm³/mol. The number of aromatic nitrogens is 1. The normalized spacial score (nSPS) is 22.1. The smallest absolute Gasteiger partial charge is 0.543 e. The molecule has 1 aromatic rings. The van der Waals surface area contributed by atoms with Crippen LogP contribution in [-0.4, -0.2) is 70.2 Å². The number of nitrogens with two attached hydrogens (primary N) is 1. The van der Waals surface area contributed by atoms with Crippen molar-refractivity contribution in [3.63, 3.8) is 0 Å². The van der Waals surface area contributed by atoms with Gasteiger partial charge in [-0.15, -0.1) is 23.1 Å². The number of β-lactam (4-membered cyclic amide) rings is 1. The summed E-state index contributed by atoms with van der Waals surface area (Å²) in [6.45, 7) is 0.830. The number of nitrogens with zero attached hydrogens (tertiary/aromatic N) is 3. The van der Waals surface area contributed by atoms with E-state index in [-0.39, 0.29) is 58.3 Å². The van der Waals surface area contributed by atoms with Crippen LogP contribution in [0.5, 0.6) is 0 Å². The zero-order valence-electron chi connectivity index (χ0n) is 19.2. The van der Waals surface area contributed by atoms with E-state index in [0.717, 1.165) is 34.9 Å². The van der Waals surface area contributed by atoms with Crippen LogP contribution < -0.4 is 45.7 Å². The fourth-order valence-electron chi connectivity index (χ4n) is 2.83. The first-order valence-corrected chi connectivity index (χ1v) is 10.1. The van der Waals surface area contributed by atoms with Gasteiger partial charge in [-0.25, -0.2) is 4.98 Å². The molecule has 1 aromatic heterocycles. The Labute approximate surface area is 210 Å². The number of thioether (sulfide) groups is 1. The summed E-state index contributed by atoms with van der Waals surface area (Å²) < 4.78 is 26.1. The molecule has 3 N–H and O–H groups in total. The zero-order valence-corrected chi connectivity index (χ0v) is 19.9. The standard InChI is InChI=1S/C16H17N5O7S2.Na/c1-6(22)28-3-7-4-29-14-10(13(24)21(14)11(7)15(25)26)19-12(23)9(20-27-2)8-5-30-16(17)18-8;/h5,10,14H,3-4H2,1-2H3,(H2,17,18)(H,19,23)(H,25,26);/q;+1/p-1/b20-9-;/t10-,14-;/m0./s1/i2D3;. The molecule has 0 radical (unpaired) electrons. The van der Waals surface area contributed by atoms with E-state index in [1.807, 2.05) is 0 Å². The number of esters is 1. The summed E-state index contributed by atoms with van der Waals surface area (Å²) in [4.78, 5) is 57.3. The second-order valence-electron chi connectivity index (χ2n) is 5.98. The van der Waals surface area contributed by atoms with Crippen molar-refractivity contribution in [2.75, 3.05) is 25.1 Å². The van der Waals surface area contributed by atoms with Gasteiger partial charge in [0.05, 0.1) is 15.8 Å². The zero-order chi connectivity index (χ0) is 24.5. The SMILES string of the molecule is [2H]C([2H])([2H])O/N=C(\C(=O)N[C@H]1C(=O)N2C(C(=O)[O-])=C(COC(C)=O)CS[C@@H]12)c1csc(N)n1.[Na+]. The fourth-order valence-corrected chi connectivity index (χ4v) is 4.70. The van der Waals surface area contributed by atoms with Crippen LogP contribution in [0.15, 0.2) is 21.8 Å². The van der Waals surface area contributed by atoms with Gasteiger partial charge in [-0.2, -0.15) is 0 Å². The molecule has 0 unspecified atom stereocenters. The van der Waals surface area contributed by atoms with E-state index in [1.54, 1.807) is 0 Å². The van der Waals surface area contributed by atoms with Crippen molar-refractivity contribution in [1.82, 2.24) is 15.2 Å². The summed E-state index contributed by atoms with van der Waals surface area (Å²) in [7, 11) is -2.94. The predicted octanol–water partition coefficient (Wildman–Crippen LogP) is -4.95. The number of oxime groups is 1. The monoisotopic (exact) mass is 480 g/mol. The Morgan fingerprint density at radius 1 is 1.52 bits per heavy atom. The molecule has 2 amide bonds. The Balaban J connectivity index is 0.00000408. The van der Waals surface area contributed by atoms with E-state index in [4.69, 9.17) is 14.6 Å². The van der Waals surface area contributed by atoms with Crippen molar-refractivity contribution >= 4 is 57.7 Å². The molecule has 15 heteroatoms. The molecular formula is C16H16N5NaO7S2. The number of carboxylic acid groups (broad SMARTS) is 1. The third-order valence-corrected chi connectivity index (χ3v) is 6.11. The fraction of sp³-hybridized carbons (Fsp3) is 0.375. The number of carboxylic acids is 1. The van der Waals surface area contributed by atoms with Gasteiger partial charge in [-0.1, -0.05) is 5.16 Å². The van der Waals surface area contributed by atoms with Gasteiger partial charge in [-0.05, 0) is 0 Å². The molecule has 160 valence electrons. The number of ether oxygens (including phenoxy) is 1. The third kappa shape index (κ3) is 5.20. The minimum atomic E-state index is -2.94. The first-order chi connectivity index (χ1) is 15.4. The van der Waals surface area contributed by atoms with E-state index in [2.05, 4.69) is 20.3 Å². The van der Waals surface area contributed by atoms with Crippen molar-refractivity contribution in [2.24, 2.45) is 5.16 Å². The number of anilines is 1. The molecule has 3 rings (SSSR count). The van der Waals surface area contributed by atoms with Crippen LogP contribution >= 0.6 is 23.1 Å². The van der Waals surface area contributed by atoms with Crippen LogP contribution in [0, 0.1) is 0 Å². The molecule has 2 aliphatic heterocycles. The van der Waals surface area contributed by atoms with Crippen molar-refractivity contribution in [3.8, 4) is 0 Å². The molecule has 3 heterocycles. The number of hydrogen-bond acceptors (Lipinski definition) is 12. The van der Waals surface area contributed by atoms with Gasteiger partial charge in [0.2, 0.25) is 0 Å². The average molecular weight is 480 g/mol. The van der Waals surface area contributed by atoms with Crippen molar-refractivity contribution in [3.05, 3.63) is 22.3 Å². The second-order valence-corrected chi connectivity index (χ2v) is 7.98. The summed E-state index contributed by atoms with van der Waals surface area (Å²) in [5.74, 6) is -3.89. The molecule has 12 nitrogen and oxygen atoms in total. The van der Waals surface area contributed by atoms with Gasteiger partial charge >= 0.3 is 35.5 Å². The van der Waals surface area contributed by atoms with Crippen LogP contribution in [0.3, 0.4) is 0 Å². The minimum absolute atomic E-state index is 0. The maximum absolute atomic E-state index is 12.8. The molecule has 0 saturated carbocycles. The first kappa shape index (κ1) is 20.8. The van der Waals surface area contributed by atoms with Gasteiger partial charge in [0, 0.05) is 23.6 Å². The molecular weight excluding hydrogens is 461 g/mol. The maximum Gasteiger partial charge on any atom is 1.00 e. The summed E-state index contributed by atoms with van der Waals surface area (Å²) in [6, 6.07) is -1.15. The van der Waals surface area contributed by atoms with E-state index >= 15 is 0 Å². The maximum atomic E-state index is 12.8. The molecule has 2 atom stereocenters. The number of nitrogens with one attached hydrogen (secondary N) is 1. The van der Waals surface area contributed by atoms with Crippen molar-refractivity contribution in [2.45, 2.75) is 18.3 Å². The van der Waals surface area contributed by atoms with Gasteiger partial charge in [-0.3, -0.25) is 19.3 Å². The number of fused-ring (bicyclic) bond motifs is 1. The summed E-state index contributed by atoms with van der Waals surface area (Å²) in [6.07, 6.45) is 0. The summed E-state index contributed by atoms with van der Waals surface area (Å²) in [5.41, 5.74) is 4.70. The molecule has 2 aliphatic rings.